The number of nitrogens with one attached hydrogen (secondary N) is 1. The molecule has 0 aliphatic carbocycles. The maximum Gasteiger partial charge on any atom is 0.247 e. The smallest absolute Gasteiger partial charge is 0.247 e. The highest BCUT2D eigenvalue weighted by atomic mass is 19.1. The normalized spacial score (nSPS) is 16.1. The summed E-state index contributed by atoms with van der Waals surface area (Å²) in [5.41, 5.74) is 2.33. The van der Waals surface area contributed by atoms with Gasteiger partial charge in [0.2, 0.25) is 11.8 Å². The second kappa shape index (κ2) is 11.6. The monoisotopic (exact) mass is 460 g/mol. The molecule has 2 amide bonds. The van der Waals surface area contributed by atoms with E-state index in [4.69, 9.17) is 4.74 Å². The summed E-state index contributed by atoms with van der Waals surface area (Å²) in [5, 5.41) is 3.00. The predicted octanol–water partition coefficient (Wildman–Crippen LogP) is 4.43. The molecule has 0 saturated carbocycles. The number of carbonyl (C=O) groups excluding carboxylic acids is 2. The van der Waals surface area contributed by atoms with Crippen LogP contribution in [0.1, 0.15) is 35.6 Å². The number of carbonyl (C=O) groups is 2. The van der Waals surface area contributed by atoms with Crippen LogP contribution in [-0.4, -0.2) is 36.0 Å². The molecule has 176 valence electrons. The van der Waals surface area contributed by atoms with Gasteiger partial charge in [-0.05, 0) is 41.7 Å². The Hall–Kier alpha value is -3.51. The minimum Gasteiger partial charge on any atom is -0.376 e. The lowest BCUT2D eigenvalue weighted by Crippen LogP contribution is -2.45. The highest BCUT2D eigenvalue weighted by Gasteiger charge is 2.32. The van der Waals surface area contributed by atoms with Crippen LogP contribution in [0.2, 0.25) is 0 Å². The summed E-state index contributed by atoms with van der Waals surface area (Å²) in [7, 11) is 0. The van der Waals surface area contributed by atoms with Gasteiger partial charge in [-0.3, -0.25) is 9.59 Å². The minimum atomic E-state index is -0.830. The highest BCUT2D eigenvalue weighted by molar-refractivity contribution is 5.89. The van der Waals surface area contributed by atoms with E-state index in [1.807, 2.05) is 60.7 Å². The number of hydrogen-bond donors (Lipinski definition) is 1. The van der Waals surface area contributed by atoms with E-state index in [0.717, 1.165) is 29.5 Å². The number of benzene rings is 3. The van der Waals surface area contributed by atoms with Crippen molar-refractivity contribution in [1.82, 2.24) is 10.2 Å². The fourth-order valence-electron chi connectivity index (χ4n) is 4.21. The fraction of sp³-hybridized carbons (Fsp3) is 0.286. The standard InChI is InChI=1S/C28H29FN2O3/c29-24-15-13-22(14-16-24)20-31(26(32)18-21-8-3-1-4-9-21)27(23-10-5-2-6-11-23)28(33)30-19-25-12-7-17-34-25/h1-6,8-11,13-16,25,27H,7,12,17-20H2,(H,30,33). The number of amides is 2. The summed E-state index contributed by atoms with van der Waals surface area (Å²) in [4.78, 5) is 28.7. The van der Waals surface area contributed by atoms with Crippen LogP contribution in [0, 0.1) is 5.82 Å². The lowest BCUT2D eigenvalue weighted by Gasteiger charge is -2.32. The number of ether oxygens (including phenoxy) is 1. The van der Waals surface area contributed by atoms with Crippen molar-refractivity contribution < 1.29 is 18.7 Å². The van der Waals surface area contributed by atoms with E-state index in [1.165, 1.54) is 12.1 Å². The first kappa shape index (κ1) is 23.6. The second-order valence-electron chi connectivity index (χ2n) is 8.50. The van der Waals surface area contributed by atoms with Gasteiger partial charge in [-0.2, -0.15) is 0 Å². The van der Waals surface area contributed by atoms with Crippen LogP contribution >= 0.6 is 0 Å². The molecular weight excluding hydrogens is 431 g/mol. The average molecular weight is 461 g/mol. The molecule has 0 radical (unpaired) electrons. The van der Waals surface area contributed by atoms with Crippen LogP contribution in [0.4, 0.5) is 4.39 Å². The van der Waals surface area contributed by atoms with Crippen molar-refractivity contribution in [3.05, 3.63) is 107 Å². The van der Waals surface area contributed by atoms with Gasteiger partial charge in [0.1, 0.15) is 11.9 Å². The number of hydrogen-bond acceptors (Lipinski definition) is 3. The molecule has 3 aromatic rings. The summed E-state index contributed by atoms with van der Waals surface area (Å²) in [6.07, 6.45) is 2.04. The Balaban J connectivity index is 1.64. The molecule has 2 atom stereocenters. The molecular formula is C28H29FN2O3. The van der Waals surface area contributed by atoms with E-state index in [-0.39, 0.29) is 36.7 Å². The maximum absolute atomic E-state index is 13.6. The predicted molar refractivity (Wildman–Crippen MR) is 128 cm³/mol. The molecule has 1 fully saturated rings. The van der Waals surface area contributed by atoms with Crippen LogP contribution in [-0.2, 0) is 27.3 Å². The maximum atomic E-state index is 13.6. The SMILES string of the molecule is O=C(NCC1CCCO1)C(c1ccccc1)N(Cc1ccc(F)cc1)C(=O)Cc1ccccc1. The lowest BCUT2D eigenvalue weighted by atomic mass is 10.0. The molecule has 1 heterocycles. The van der Waals surface area contributed by atoms with Crippen LogP contribution in [0.5, 0.6) is 0 Å². The Bertz CT molecular complexity index is 1070. The molecule has 6 heteroatoms. The molecule has 1 aliphatic rings. The second-order valence-corrected chi connectivity index (χ2v) is 8.50. The van der Waals surface area contributed by atoms with E-state index in [9.17, 15) is 14.0 Å². The topological polar surface area (TPSA) is 58.6 Å². The summed E-state index contributed by atoms with van der Waals surface area (Å²) in [6, 6.07) is 23.9. The minimum absolute atomic E-state index is 0.00839. The Morgan fingerprint density at radius 3 is 2.26 bits per heavy atom. The Morgan fingerprint density at radius 1 is 0.941 bits per heavy atom. The van der Waals surface area contributed by atoms with Crippen molar-refractivity contribution in [2.45, 2.75) is 38.0 Å². The zero-order valence-corrected chi connectivity index (χ0v) is 19.0. The quantitative estimate of drug-likeness (QED) is 0.514. The van der Waals surface area contributed by atoms with Crippen molar-refractivity contribution in [2.24, 2.45) is 0 Å². The molecule has 0 bridgehead atoms. The molecule has 34 heavy (non-hydrogen) atoms. The zero-order chi connectivity index (χ0) is 23.8. The number of halogens is 1. The summed E-state index contributed by atoms with van der Waals surface area (Å²) in [5.74, 6) is -0.790. The molecule has 0 aromatic heterocycles. The fourth-order valence-corrected chi connectivity index (χ4v) is 4.21. The molecule has 4 rings (SSSR count). The molecule has 1 saturated heterocycles. The van der Waals surface area contributed by atoms with E-state index in [2.05, 4.69) is 5.32 Å². The first-order valence-electron chi connectivity index (χ1n) is 11.6. The first-order chi connectivity index (χ1) is 16.6. The summed E-state index contributed by atoms with van der Waals surface area (Å²) < 4.78 is 19.2. The molecule has 1 aliphatic heterocycles. The Kier molecular flexibility index (Phi) is 8.04. The number of rotatable bonds is 9. The van der Waals surface area contributed by atoms with Crippen molar-refractivity contribution in [1.29, 1.82) is 0 Å². The van der Waals surface area contributed by atoms with Gasteiger partial charge in [-0.1, -0.05) is 72.8 Å². The van der Waals surface area contributed by atoms with Crippen LogP contribution in [0.15, 0.2) is 84.9 Å². The number of nitrogens with zero attached hydrogens (tertiary/aromatic N) is 1. The van der Waals surface area contributed by atoms with Gasteiger partial charge >= 0.3 is 0 Å². The van der Waals surface area contributed by atoms with Crippen LogP contribution in [0.3, 0.4) is 0 Å². The van der Waals surface area contributed by atoms with Crippen molar-refractivity contribution in [2.75, 3.05) is 13.2 Å². The third-order valence-corrected chi connectivity index (χ3v) is 5.99. The zero-order valence-electron chi connectivity index (χ0n) is 19.0. The third kappa shape index (κ3) is 6.29. The molecule has 0 spiro atoms. The Labute approximate surface area is 199 Å². The van der Waals surface area contributed by atoms with Gasteiger partial charge in [0, 0.05) is 19.7 Å². The lowest BCUT2D eigenvalue weighted by molar-refractivity contribution is -0.141. The van der Waals surface area contributed by atoms with E-state index < -0.39 is 6.04 Å². The summed E-state index contributed by atoms with van der Waals surface area (Å²) >= 11 is 0. The largest absolute Gasteiger partial charge is 0.376 e. The summed E-state index contributed by atoms with van der Waals surface area (Å²) in [6.45, 7) is 1.28. The van der Waals surface area contributed by atoms with Crippen LogP contribution < -0.4 is 5.32 Å². The van der Waals surface area contributed by atoms with E-state index in [1.54, 1.807) is 17.0 Å². The van der Waals surface area contributed by atoms with E-state index >= 15 is 0 Å². The molecule has 5 nitrogen and oxygen atoms in total. The van der Waals surface area contributed by atoms with Crippen molar-refractivity contribution >= 4 is 11.8 Å². The third-order valence-electron chi connectivity index (χ3n) is 5.99. The average Bonchev–Trinajstić information content (AvgIpc) is 3.39. The van der Waals surface area contributed by atoms with Crippen LogP contribution in [0.25, 0.3) is 0 Å². The van der Waals surface area contributed by atoms with Gasteiger partial charge < -0.3 is 15.0 Å². The van der Waals surface area contributed by atoms with Crippen molar-refractivity contribution in [3.63, 3.8) is 0 Å². The Morgan fingerprint density at radius 2 is 1.62 bits per heavy atom. The van der Waals surface area contributed by atoms with Gasteiger partial charge in [0.25, 0.3) is 0 Å². The van der Waals surface area contributed by atoms with Crippen molar-refractivity contribution in [3.8, 4) is 0 Å². The van der Waals surface area contributed by atoms with E-state index in [0.29, 0.717) is 13.2 Å². The highest BCUT2D eigenvalue weighted by Crippen LogP contribution is 2.25. The van der Waals surface area contributed by atoms with Gasteiger partial charge in [-0.15, -0.1) is 0 Å². The van der Waals surface area contributed by atoms with Gasteiger partial charge in [0.15, 0.2) is 0 Å². The van der Waals surface area contributed by atoms with Gasteiger partial charge in [0.05, 0.1) is 12.5 Å². The molecule has 1 N–H and O–H groups in total. The molecule has 3 aromatic carbocycles. The van der Waals surface area contributed by atoms with Gasteiger partial charge in [-0.25, -0.2) is 4.39 Å². The first-order valence-corrected chi connectivity index (χ1v) is 11.6. The molecule has 2 unspecified atom stereocenters.